The van der Waals surface area contributed by atoms with Crippen molar-refractivity contribution in [1.82, 2.24) is 5.32 Å². The van der Waals surface area contributed by atoms with E-state index in [4.69, 9.17) is 23.4 Å². The number of aliphatic hydroxyl groups excluding tert-OH is 1. The molecule has 0 radical (unpaired) electrons. The van der Waals surface area contributed by atoms with Gasteiger partial charge in [0, 0.05) is 6.54 Å². The molecule has 0 aromatic rings. The number of amides is 1. The number of aliphatic carboxylic acids is 1. The van der Waals surface area contributed by atoms with Crippen molar-refractivity contribution in [1.29, 1.82) is 0 Å². The molecule has 0 spiro atoms. The SMILES string of the molecule is C.NCC(=O)O.[C-]#[N+]CC(=O)NCCO.[C-]#[N+]CC(=O)OC. The highest BCUT2D eigenvalue weighted by atomic mass is 16.5. The van der Waals surface area contributed by atoms with E-state index in [2.05, 4.69) is 25.5 Å². The van der Waals surface area contributed by atoms with E-state index in [1.165, 1.54) is 7.11 Å². The Labute approximate surface area is 129 Å². The second-order valence-corrected chi connectivity index (χ2v) is 2.88. The highest BCUT2D eigenvalue weighted by Gasteiger charge is 1.99. The Morgan fingerprint density at radius 2 is 1.68 bits per heavy atom. The number of nitrogens with one attached hydrogen (secondary N) is 1. The van der Waals surface area contributed by atoms with Gasteiger partial charge in [-0.25, -0.2) is 17.9 Å². The predicted molar refractivity (Wildman–Crippen MR) is 78.5 cm³/mol. The van der Waals surface area contributed by atoms with Crippen LogP contribution in [0.5, 0.6) is 0 Å². The monoisotopic (exact) mass is 318 g/mol. The van der Waals surface area contributed by atoms with Gasteiger partial charge in [-0.05, 0) is 0 Å². The fourth-order valence-electron chi connectivity index (χ4n) is 0.452. The first kappa shape index (κ1) is 27.6. The molecule has 1 amide bonds. The standard InChI is InChI=1S/C5H8N2O2.C4H5NO2.C2H5NO2.CH4/c1-6-4-5(9)7-2-3-8;1-5-3-4(6)7-2;3-1-2(4)5;/h8H,2-4H2,(H,7,9);3H2,2H3;1,3H2,(H,4,5);1H4. The largest absolute Gasteiger partial charge is 0.480 e. The zero-order chi connectivity index (χ0) is 17.1. The van der Waals surface area contributed by atoms with E-state index in [-0.39, 0.29) is 46.1 Å². The Morgan fingerprint density at radius 1 is 1.23 bits per heavy atom. The van der Waals surface area contributed by atoms with Gasteiger partial charge in [0.2, 0.25) is 0 Å². The lowest BCUT2D eigenvalue weighted by Crippen LogP contribution is -2.27. The number of aliphatic hydroxyl groups is 1. The van der Waals surface area contributed by atoms with Crippen molar-refractivity contribution in [3.8, 4) is 0 Å². The summed E-state index contributed by atoms with van der Waals surface area (Å²) < 4.78 is 4.14. The molecule has 22 heavy (non-hydrogen) atoms. The van der Waals surface area contributed by atoms with Gasteiger partial charge < -0.3 is 35.7 Å². The van der Waals surface area contributed by atoms with Crippen molar-refractivity contribution in [2.24, 2.45) is 5.73 Å². The minimum Gasteiger partial charge on any atom is -0.480 e. The summed E-state index contributed by atoms with van der Waals surface area (Å²) in [6.45, 7) is 12.0. The minimum absolute atomic E-state index is 0. The molecule has 10 heteroatoms. The molecule has 0 aromatic carbocycles. The Bertz CT molecular complexity index is 386. The average molecular weight is 318 g/mol. The number of carbonyl (C=O) groups is 3. The lowest BCUT2D eigenvalue weighted by atomic mass is 10.5. The summed E-state index contributed by atoms with van der Waals surface area (Å²) >= 11 is 0. The number of rotatable bonds is 5. The predicted octanol–water partition coefficient (Wildman–Crippen LogP) is -1.24. The topological polar surface area (TPSA) is 148 Å². The highest BCUT2D eigenvalue weighted by Crippen LogP contribution is 1.71. The third-order valence-corrected chi connectivity index (χ3v) is 1.27. The summed E-state index contributed by atoms with van der Waals surface area (Å²) in [5, 5.41) is 18.1. The van der Waals surface area contributed by atoms with Crippen molar-refractivity contribution in [2.75, 3.05) is 39.9 Å². The van der Waals surface area contributed by atoms with Crippen LogP contribution in [0.15, 0.2) is 0 Å². The van der Waals surface area contributed by atoms with Gasteiger partial charge in [0.15, 0.2) is 0 Å². The van der Waals surface area contributed by atoms with Crippen LogP contribution in [-0.4, -0.2) is 68.0 Å². The van der Waals surface area contributed by atoms with E-state index in [0.717, 1.165) is 0 Å². The van der Waals surface area contributed by atoms with Crippen LogP contribution in [0.3, 0.4) is 0 Å². The van der Waals surface area contributed by atoms with Gasteiger partial charge in [-0.1, -0.05) is 7.43 Å². The second-order valence-electron chi connectivity index (χ2n) is 2.88. The molecule has 126 valence electrons. The van der Waals surface area contributed by atoms with Gasteiger partial charge in [-0.15, -0.1) is 0 Å². The summed E-state index contributed by atoms with van der Waals surface area (Å²) in [4.78, 5) is 35.2. The van der Waals surface area contributed by atoms with Gasteiger partial charge in [0.25, 0.3) is 12.5 Å². The Balaban J connectivity index is -0.000000113. The number of carboxylic acid groups (broad SMARTS) is 1. The zero-order valence-electron chi connectivity index (χ0n) is 11.5. The quantitative estimate of drug-likeness (QED) is 0.366. The maximum absolute atomic E-state index is 10.4. The molecule has 0 unspecified atom stereocenters. The van der Waals surface area contributed by atoms with Crippen molar-refractivity contribution < 1.29 is 29.3 Å². The third-order valence-electron chi connectivity index (χ3n) is 1.27. The first-order chi connectivity index (χ1) is 9.89. The van der Waals surface area contributed by atoms with E-state index < -0.39 is 11.9 Å². The number of ether oxygens (including phenoxy) is 1. The summed E-state index contributed by atoms with van der Waals surface area (Å²) in [5.74, 6) is -1.78. The summed E-state index contributed by atoms with van der Waals surface area (Å²) in [7, 11) is 1.26. The van der Waals surface area contributed by atoms with Gasteiger partial charge in [-0.3, -0.25) is 9.59 Å². The van der Waals surface area contributed by atoms with E-state index >= 15 is 0 Å². The molecule has 0 bridgehead atoms. The number of nitrogens with zero attached hydrogens (tertiary/aromatic N) is 2. The number of hydrogen-bond acceptors (Lipinski definition) is 6. The molecule has 10 nitrogen and oxygen atoms in total. The Kier molecular flexibility index (Phi) is 29.4. The van der Waals surface area contributed by atoms with Gasteiger partial charge in [0.1, 0.15) is 0 Å². The maximum Gasteiger partial charge on any atom is 0.386 e. The molecule has 0 atom stereocenters. The van der Waals surface area contributed by atoms with E-state index in [1.807, 2.05) is 0 Å². The molecule has 5 N–H and O–H groups in total. The summed E-state index contributed by atoms with van der Waals surface area (Å²) in [6.07, 6.45) is 0. The van der Waals surface area contributed by atoms with Crippen LogP contribution in [0.4, 0.5) is 0 Å². The normalized spacial score (nSPS) is 7.14. The Hall–Kier alpha value is -2.69. The third kappa shape index (κ3) is 36.0. The number of methoxy groups -OCH3 is 1. The Morgan fingerprint density at radius 3 is 1.91 bits per heavy atom. The second kappa shape index (κ2) is 23.4. The first-order valence-corrected chi connectivity index (χ1v) is 5.42. The zero-order valence-corrected chi connectivity index (χ0v) is 11.5. The molecule has 0 saturated carbocycles. The van der Waals surface area contributed by atoms with Crippen molar-refractivity contribution >= 4 is 17.8 Å². The molecule has 0 aliphatic rings. The van der Waals surface area contributed by atoms with Crippen LogP contribution >= 0.6 is 0 Å². The molecule has 0 fully saturated rings. The molecule has 0 heterocycles. The highest BCUT2D eigenvalue weighted by molar-refractivity contribution is 5.79. The van der Waals surface area contributed by atoms with E-state index in [0.29, 0.717) is 0 Å². The number of esters is 1. The fourth-order valence-corrected chi connectivity index (χ4v) is 0.452. The molecular formula is C12H22N4O6. The molecule has 0 rings (SSSR count). The molecule has 0 aliphatic carbocycles. The van der Waals surface area contributed by atoms with Crippen LogP contribution in [0, 0.1) is 13.1 Å². The van der Waals surface area contributed by atoms with Crippen molar-refractivity contribution in [3.63, 3.8) is 0 Å². The summed E-state index contributed by atoms with van der Waals surface area (Å²) in [5.41, 5.74) is 4.57. The van der Waals surface area contributed by atoms with Crippen LogP contribution < -0.4 is 11.1 Å². The molecule has 0 saturated heterocycles. The van der Waals surface area contributed by atoms with Gasteiger partial charge >= 0.3 is 18.5 Å². The lowest BCUT2D eigenvalue weighted by Gasteiger charge is -1.94. The lowest BCUT2D eigenvalue weighted by molar-refractivity contribution is -0.138. The van der Waals surface area contributed by atoms with E-state index in [9.17, 15) is 14.4 Å². The molecule has 0 aromatic heterocycles. The van der Waals surface area contributed by atoms with Crippen molar-refractivity contribution in [2.45, 2.75) is 7.43 Å². The fraction of sp³-hybridized carbons (Fsp3) is 0.583. The molecular weight excluding hydrogens is 296 g/mol. The summed E-state index contributed by atoms with van der Waals surface area (Å²) in [6, 6.07) is 0. The van der Waals surface area contributed by atoms with Gasteiger partial charge in [0.05, 0.1) is 20.3 Å². The van der Waals surface area contributed by atoms with Crippen LogP contribution in [-0.2, 0) is 19.1 Å². The minimum atomic E-state index is -0.968. The first-order valence-electron chi connectivity index (χ1n) is 5.42. The maximum atomic E-state index is 10.4. The van der Waals surface area contributed by atoms with Crippen LogP contribution in [0.1, 0.15) is 7.43 Å². The van der Waals surface area contributed by atoms with Crippen LogP contribution in [0.25, 0.3) is 9.69 Å². The molecule has 0 aliphatic heterocycles. The number of hydrogen-bond donors (Lipinski definition) is 4. The number of carboxylic acids is 1. The number of nitrogens with two attached hydrogens (primary N) is 1. The van der Waals surface area contributed by atoms with Crippen molar-refractivity contribution in [3.05, 3.63) is 22.8 Å². The van der Waals surface area contributed by atoms with E-state index in [1.54, 1.807) is 0 Å². The van der Waals surface area contributed by atoms with Gasteiger partial charge in [-0.2, -0.15) is 0 Å². The van der Waals surface area contributed by atoms with Crippen LogP contribution in [0.2, 0.25) is 0 Å². The smallest absolute Gasteiger partial charge is 0.386 e. The average Bonchev–Trinajstić information content (AvgIpc) is 2.46. The number of carbonyl (C=O) groups excluding carboxylic acids is 2.